The van der Waals surface area contributed by atoms with Crippen LogP contribution in [0.4, 0.5) is 0 Å². The molecule has 0 aromatic heterocycles. The summed E-state index contributed by atoms with van der Waals surface area (Å²) in [5.74, 6) is 0.988. The molecule has 2 N–H and O–H groups in total. The van der Waals surface area contributed by atoms with Gasteiger partial charge in [-0.15, -0.1) is 0 Å². The van der Waals surface area contributed by atoms with Gasteiger partial charge in [0.2, 0.25) is 11.8 Å². The molecule has 6 atom stereocenters. The van der Waals surface area contributed by atoms with E-state index in [1.54, 1.807) is 18.2 Å². The molecular formula is C30H29N3O5. The number of hydrogen-bond donors (Lipinski definition) is 2. The molecule has 6 fully saturated rings. The molecule has 8 nitrogen and oxygen atoms in total. The number of ether oxygens (including phenoxy) is 1. The van der Waals surface area contributed by atoms with Crippen LogP contribution in [0.1, 0.15) is 70.4 Å². The summed E-state index contributed by atoms with van der Waals surface area (Å²) in [6, 6.07) is 12.3. The second-order valence-corrected chi connectivity index (χ2v) is 12.2. The van der Waals surface area contributed by atoms with Crippen LogP contribution in [0, 0.1) is 23.2 Å². The number of hydrogen-bond acceptors (Lipinski definition) is 6. The summed E-state index contributed by atoms with van der Waals surface area (Å²) in [5, 5.41) is 6.18. The number of carbonyl (C=O) groups is 4. The number of nitrogens with zero attached hydrogens (tertiary/aromatic N) is 1. The number of imide groups is 2. The van der Waals surface area contributed by atoms with Gasteiger partial charge < -0.3 is 10.1 Å². The molecule has 1 saturated heterocycles. The number of amides is 4. The van der Waals surface area contributed by atoms with E-state index in [9.17, 15) is 19.2 Å². The highest BCUT2D eigenvalue weighted by Crippen LogP contribution is 2.85. The average Bonchev–Trinajstić information content (AvgIpc) is 3.45. The summed E-state index contributed by atoms with van der Waals surface area (Å²) in [7, 11) is 0. The maximum absolute atomic E-state index is 13.2. The zero-order chi connectivity index (χ0) is 25.8. The first-order chi connectivity index (χ1) is 18.4. The van der Waals surface area contributed by atoms with Crippen molar-refractivity contribution >= 4 is 23.6 Å². The van der Waals surface area contributed by atoms with Crippen LogP contribution in [-0.2, 0) is 22.7 Å². The Kier molecular flexibility index (Phi) is 4.45. The summed E-state index contributed by atoms with van der Waals surface area (Å²) in [6.07, 6.45) is 5.94. The molecule has 2 aromatic carbocycles. The number of carbonyl (C=O) groups excluding carboxylic acids is 4. The van der Waals surface area contributed by atoms with E-state index in [-0.39, 0.29) is 30.6 Å². The van der Waals surface area contributed by atoms with Gasteiger partial charge in [-0.3, -0.25) is 29.4 Å². The summed E-state index contributed by atoms with van der Waals surface area (Å²) in [4.78, 5) is 51.1. The van der Waals surface area contributed by atoms with Gasteiger partial charge in [-0.1, -0.05) is 30.3 Å². The van der Waals surface area contributed by atoms with Gasteiger partial charge in [0.1, 0.15) is 18.4 Å². The molecule has 0 radical (unpaired) electrons. The lowest BCUT2D eigenvalue weighted by molar-refractivity contribution is -0.141. The third-order valence-electron chi connectivity index (χ3n) is 10.4. The standard InChI is InChI=1S/C30H29N3O5/c34-23-9-8-21(26(35)32-23)33-27(36)20-2-1-3-22(24(20)28(33)37)38-14-17-6-4-16(5-7-17)13-31-30-15-29-11-18(25(29)30)10-19(30)12-29/h1-7,18-19,21,25,31H,8-15H2,(H,32,34,35). The normalized spacial score (nSPS) is 35.6. The second-order valence-electron chi connectivity index (χ2n) is 12.2. The average molecular weight is 512 g/mol. The molecule has 7 aliphatic rings. The minimum atomic E-state index is -0.996. The minimum absolute atomic E-state index is 0.0854. The Hall–Kier alpha value is -3.52. The largest absolute Gasteiger partial charge is 0.488 e. The van der Waals surface area contributed by atoms with Crippen molar-refractivity contribution in [3.05, 3.63) is 64.7 Å². The van der Waals surface area contributed by atoms with E-state index < -0.39 is 29.7 Å². The SMILES string of the molecule is O=C1CCC(N2C(=O)c3cccc(OCc4ccc(CNC56CC78CC(CC5C7)C86)cc4)c3C2=O)C(=O)N1. The molecular weight excluding hydrogens is 482 g/mol. The van der Waals surface area contributed by atoms with Crippen LogP contribution in [0.5, 0.6) is 5.75 Å². The van der Waals surface area contributed by atoms with Crippen LogP contribution in [-0.4, -0.2) is 40.1 Å². The van der Waals surface area contributed by atoms with Crippen LogP contribution in [0.15, 0.2) is 42.5 Å². The maximum atomic E-state index is 13.2. The predicted molar refractivity (Wildman–Crippen MR) is 135 cm³/mol. The minimum Gasteiger partial charge on any atom is -0.488 e. The number of rotatable bonds is 7. The Labute approximate surface area is 220 Å². The van der Waals surface area contributed by atoms with Gasteiger partial charge in [-0.2, -0.15) is 0 Å². The molecule has 194 valence electrons. The van der Waals surface area contributed by atoms with Gasteiger partial charge in [0, 0.05) is 18.5 Å². The predicted octanol–water partition coefficient (Wildman–Crippen LogP) is 2.95. The lowest BCUT2D eigenvalue weighted by Gasteiger charge is -2.65. The molecule has 9 rings (SSSR count). The van der Waals surface area contributed by atoms with Gasteiger partial charge in [-0.25, -0.2) is 0 Å². The van der Waals surface area contributed by atoms with Crippen molar-refractivity contribution < 1.29 is 23.9 Å². The molecule has 38 heavy (non-hydrogen) atoms. The summed E-state index contributed by atoms with van der Waals surface area (Å²) in [5.41, 5.74) is 3.73. The van der Waals surface area contributed by atoms with Gasteiger partial charge in [-0.05, 0) is 78.5 Å². The highest BCUT2D eigenvalue weighted by molar-refractivity contribution is 6.24. The summed E-state index contributed by atoms with van der Waals surface area (Å²) in [6.45, 7) is 1.14. The monoisotopic (exact) mass is 511 g/mol. The Balaban J connectivity index is 0.932. The smallest absolute Gasteiger partial charge is 0.266 e. The fraction of sp³-hybridized carbons (Fsp3) is 0.467. The third-order valence-corrected chi connectivity index (χ3v) is 10.4. The van der Waals surface area contributed by atoms with E-state index in [2.05, 4.69) is 22.8 Å². The van der Waals surface area contributed by atoms with Crippen LogP contribution >= 0.6 is 0 Å². The van der Waals surface area contributed by atoms with Gasteiger partial charge in [0.05, 0.1) is 11.1 Å². The Bertz CT molecular complexity index is 1440. The first kappa shape index (κ1) is 22.5. The molecule has 8 heteroatoms. The number of nitrogens with one attached hydrogen (secondary N) is 2. The van der Waals surface area contributed by atoms with E-state index in [1.165, 1.54) is 31.2 Å². The molecule has 2 aliphatic heterocycles. The topological polar surface area (TPSA) is 105 Å². The van der Waals surface area contributed by atoms with Crippen molar-refractivity contribution in [1.82, 2.24) is 15.5 Å². The molecule has 1 spiro atoms. The number of piperidine rings is 1. The highest BCUT2D eigenvalue weighted by Gasteiger charge is 2.83. The van der Waals surface area contributed by atoms with Crippen molar-refractivity contribution in [3.63, 3.8) is 0 Å². The lowest BCUT2D eigenvalue weighted by atomic mass is 9.42. The Morgan fingerprint density at radius 1 is 1.00 bits per heavy atom. The van der Waals surface area contributed by atoms with Crippen molar-refractivity contribution in [2.75, 3.05) is 0 Å². The summed E-state index contributed by atoms with van der Waals surface area (Å²) < 4.78 is 6.02. The van der Waals surface area contributed by atoms with Crippen molar-refractivity contribution in [1.29, 1.82) is 0 Å². The van der Waals surface area contributed by atoms with Crippen LogP contribution < -0.4 is 15.4 Å². The van der Waals surface area contributed by atoms with Gasteiger partial charge in [0.15, 0.2) is 0 Å². The first-order valence-corrected chi connectivity index (χ1v) is 13.7. The van der Waals surface area contributed by atoms with E-state index in [0.29, 0.717) is 16.7 Å². The highest BCUT2D eigenvalue weighted by atomic mass is 16.5. The molecule has 4 bridgehead atoms. The molecule has 2 aromatic rings. The quantitative estimate of drug-likeness (QED) is 0.554. The molecule has 2 heterocycles. The van der Waals surface area contributed by atoms with Crippen molar-refractivity contribution in [2.45, 2.75) is 63.3 Å². The molecule has 4 amide bonds. The summed E-state index contributed by atoms with van der Waals surface area (Å²) >= 11 is 0. The van der Waals surface area contributed by atoms with E-state index in [0.717, 1.165) is 34.8 Å². The molecule has 5 saturated carbocycles. The van der Waals surface area contributed by atoms with E-state index >= 15 is 0 Å². The maximum Gasteiger partial charge on any atom is 0.266 e. The van der Waals surface area contributed by atoms with E-state index in [1.807, 2.05) is 12.1 Å². The van der Waals surface area contributed by atoms with Gasteiger partial charge in [0.25, 0.3) is 11.8 Å². The van der Waals surface area contributed by atoms with Crippen LogP contribution in [0.25, 0.3) is 0 Å². The van der Waals surface area contributed by atoms with E-state index in [4.69, 9.17) is 4.74 Å². The number of fused-ring (bicyclic) bond motifs is 1. The van der Waals surface area contributed by atoms with Crippen molar-refractivity contribution in [2.24, 2.45) is 23.2 Å². The third kappa shape index (κ3) is 2.84. The van der Waals surface area contributed by atoms with Crippen LogP contribution in [0.3, 0.4) is 0 Å². The molecule has 6 unspecified atom stereocenters. The Morgan fingerprint density at radius 3 is 2.55 bits per heavy atom. The zero-order valence-electron chi connectivity index (χ0n) is 21.0. The Morgan fingerprint density at radius 2 is 1.82 bits per heavy atom. The molecule has 5 aliphatic carbocycles. The second kappa shape index (κ2) is 7.53. The fourth-order valence-corrected chi connectivity index (χ4v) is 9.15. The zero-order valence-corrected chi connectivity index (χ0v) is 21.0. The van der Waals surface area contributed by atoms with Crippen molar-refractivity contribution in [3.8, 4) is 5.75 Å². The number of benzene rings is 2. The lowest BCUT2D eigenvalue weighted by Crippen LogP contribution is -2.67. The van der Waals surface area contributed by atoms with Crippen LogP contribution in [0.2, 0.25) is 0 Å². The van der Waals surface area contributed by atoms with Gasteiger partial charge >= 0.3 is 0 Å². The first-order valence-electron chi connectivity index (χ1n) is 13.7. The fourth-order valence-electron chi connectivity index (χ4n) is 9.15.